The molecule has 2 aliphatic heterocycles. The van der Waals surface area contributed by atoms with Crippen LogP contribution in [0, 0.1) is 0 Å². The first-order chi connectivity index (χ1) is 13.7. The van der Waals surface area contributed by atoms with Crippen LogP contribution in [0.1, 0.15) is 23.2 Å². The molecule has 1 atom stereocenters. The van der Waals surface area contributed by atoms with Gasteiger partial charge in [0.05, 0.1) is 16.8 Å². The van der Waals surface area contributed by atoms with Gasteiger partial charge in [0.1, 0.15) is 12.4 Å². The summed E-state index contributed by atoms with van der Waals surface area (Å²) in [5, 5.41) is 0.751. The van der Waals surface area contributed by atoms with E-state index in [-0.39, 0.29) is 12.0 Å². The maximum atomic E-state index is 12.8. The lowest BCUT2D eigenvalue weighted by atomic mass is 10.1. The van der Waals surface area contributed by atoms with Gasteiger partial charge in [0.25, 0.3) is 5.91 Å². The van der Waals surface area contributed by atoms with Gasteiger partial charge in [-0.25, -0.2) is 0 Å². The Morgan fingerprint density at radius 1 is 1.07 bits per heavy atom. The van der Waals surface area contributed by atoms with E-state index in [1.807, 2.05) is 53.4 Å². The highest BCUT2D eigenvalue weighted by Gasteiger charge is 2.23. The average Bonchev–Trinajstić information content (AvgIpc) is 3.26. The quantitative estimate of drug-likeness (QED) is 0.764. The number of hydrogen-bond acceptors (Lipinski definition) is 4. The van der Waals surface area contributed by atoms with E-state index in [0.29, 0.717) is 25.3 Å². The van der Waals surface area contributed by atoms with Crippen LogP contribution in [0.2, 0.25) is 5.02 Å². The predicted molar refractivity (Wildman–Crippen MR) is 110 cm³/mol. The minimum absolute atomic E-state index is 0.0597. The van der Waals surface area contributed by atoms with Crippen LogP contribution in [0.25, 0.3) is 0 Å². The lowest BCUT2D eigenvalue weighted by molar-refractivity contribution is 0.0678. The Labute approximate surface area is 170 Å². The molecule has 0 unspecified atom stereocenters. The second kappa shape index (κ2) is 8.84. The zero-order valence-electron chi connectivity index (χ0n) is 15.9. The van der Waals surface area contributed by atoms with Gasteiger partial charge in [-0.3, -0.25) is 4.79 Å². The maximum Gasteiger partial charge on any atom is 0.253 e. The highest BCUT2D eigenvalue weighted by atomic mass is 35.5. The van der Waals surface area contributed by atoms with Gasteiger partial charge in [-0.2, -0.15) is 0 Å². The summed E-state index contributed by atoms with van der Waals surface area (Å²) in [6.45, 7) is 4.31. The SMILES string of the molecule is O=C(c1ccc(OC[C@@H]2CCCO2)cc1)N1CCN(c2ccccc2Cl)CC1. The second-order valence-corrected chi connectivity index (χ2v) is 7.61. The van der Waals surface area contributed by atoms with Gasteiger partial charge in [-0.15, -0.1) is 0 Å². The van der Waals surface area contributed by atoms with Crippen molar-refractivity contribution < 1.29 is 14.3 Å². The number of rotatable bonds is 5. The summed E-state index contributed by atoms with van der Waals surface area (Å²) in [4.78, 5) is 16.9. The third-order valence-corrected chi connectivity index (χ3v) is 5.64. The summed E-state index contributed by atoms with van der Waals surface area (Å²) in [6, 6.07) is 15.2. The molecule has 2 saturated heterocycles. The Hall–Kier alpha value is -2.24. The van der Waals surface area contributed by atoms with Crippen LogP contribution in [0.15, 0.2) is 48.5 Å². The Kier molecular flexibility index (Phi) is 6.03. The van der Waals surface area contributed by atoms with Gasteiger partial charge >= 0.3 is 0 Å². The van der Waals surface area contributed by atoms with Crippen molar-refractivity contribution in [3.8, 4) is 5.75 Å². The zero-order valence-corrected chi connectivity index (χ0v) is 16.6. The molecule has 2 fully saturated rings. The molecule has 1 amide bonds. The summed E-state index contributed by atoms with van der Waals surface area (Å²) in [6.07, 6.45) is 2.35. The lowest BCUT2D eigenvalue weighted by Gasteiger charge is -2.36. The minimum Gasteiger partial charge on any atom is -0.491 e. The number of anilines is 1. The Morgan fingerprint density at radius 2 is 1.82 bits per heavy atom. The van der Waals surface area contributed by atoms with Crippen LogP contribution in [0.5, 0.6) is 5.75 Å². The van der Waals surface area contributed by atoms with Crippen LogP contribution in [-0.2, 0) is 4.74 Å². The molecule has 28 heavy (non-hydrogen) atoms. The third-order valence-electron chi connectivity index (χ3n) is 5.32. The molecule has 2 aromatic rings. The fourth-order valence-corrected chi connectivity index (χ4v) is 3.96. The molecule has 4 rings (SSSR count). The van der Waals surface area contributed by atoms with Crippen molar-refractivity contribution in [1.29, 1.82) is 0 Å². The number of para-hydroxylation sites is 1. The molecule has 2 heterocycles. The van der Waals surface area contributed by atoms with E-state index >= 15 is 0 Å². The molecular formula is C22H25ClN2O3. The van der Waals surface area contributed by atoms with Crippen molar-refractivity contribution in [1.82, 2.24) is 4.90 Å². The van der Waals surface area contributed by atoms with E-state index in [0.717, 1.165) is 49.0 Å². The molecule has 2 aromatic carbocycles. The molecule has 6 heteroatoms. The lowest BCUT2D eigenvalue weighted by Crippen LogP contribution is -2.48. The average molecular weight is 401 g/mol. The predicted octanol–water partition coefficient (Wildman–Crippen LogP) is 3.86. The summed E-state index contributed by atoms with van der Waals surface area (Å²) in [7, 11) is 0. The second-order valence-electron chi connectivity index (χ2n) is 7.20. The number of halogens is 1. The highest BCUT2D eigenvalue weighted by molar-refractivity contribution is 6.33. The summed E-state index contributed by atoms with van der Waals surface area (Å²) >= 11 is 6.29. The molecule has 0 bridgehead atoms. The highest BCUT2D eigenvalue weighted by Crippen LogP contribution is 2.26. The first-order valence-electron chi connectivity index (χ1n) is 9.84. The number of carbonyl (C=O) groups is 1. The molecule has 0 aliphatic carbocycles. The van der Waals surface area contributed by atoms with Crippen molar-refractivity contribution in [2.45, 2.75) is 18.9 Å². The standard InChI is InChI=1S/C22H25ClN2O3/c23-20-5-1-2-6-21(20)24-11-13-25(14-12-24)22(26)17-7-9-18(10-8-17)28-16-19-4-3-15-27-19/h1-2,5-10,19H,3-4,11-16H2/t19-/m0/s1. The van der Waals surface area contributed by atoms with E-state index in [4.69, 9.17) is 21.1 Å². The van der Waals surface area contributed by atoms with Crippen LogP contribution >= 0.6 is 11.6 Å². The first-order valence-corrected chi connectivity index (χ1v) is 10.2. The van der Waals surface area contributed by atoms with Crippen LogP contribution in [0.4, 0.5) is 5.69 Å². The van der Waals surface area contributed by atoms with Crippen molar-refractivity contribution in [2.75, 3.05) is 44.3 Å². The van der Waals surface area contributed by atoms with Gasteiger partial charge < -0.3 is 19.3 Å². The normalized spacial score (nSPS) is 19.7. The van der Waals surface area contributed by atoms with Crippen molar-refractivity contribution in [3.05, 3.63) is 59.1 Å². The van der Waals surface area contributed by atoms with Gasteiger partial charge in [-0.1, -0.05) is 23.7 Å². The number of ether oxygens (including phenoxy) is 2. The monoisotopic (exact) mass is 400 g/mol. The zero-order chi connectivity index (χ0) is 19.3. The number of hydrogen-bond donors (Lipinski definition) is 0. The smallest absolute Gasteiger partial charge is 0.253 e. The van der Waals surface area contributed by atoms with Gasteiger partial charge in [0.2, 0.25) is 0 Å². The van der Waals surface area contributed by atoms with Crippen LogP contribution < -0.4 is 9.64 Å². The molecule has 2 aliphatic rings. The van der Waals surface area contributed by atoms with E-state index in [2.05, 4.69) is 4.90 Å². The topological polar surface area (TPSA) is 42.0 Å². The van der Waals surface area contributed by atoms with Crippen LogP contribution in [-0.4, -0.2) is 56.3 Å². The summed E-state index contributed by atoms with van der Waals surface area (Å²) in [5.41, 5.74) is 1.72. The van der Waals surface area contributed by atoms with Gasteiger partial charge in [0.15, 0.2) is 0 Å². The Bertz CT molecular complexity index is 798. The molecule has 0 saturated carbocycles. The number of carbonyl (C=O) groups excluding carboxylic acids is 1. The molecule has 0 aromatic heterocycles. The fraction of sp³-hybridized carbons (Fsp3) is 0.409. The number of benzene rings is 2. The van der Waals surface area contributed by atoms with E-state index < -0.39 is 0 Å². The van der Waals surface area contributed by atoms with E-state index in [9.17, 15) is 4.79 Å². The number of piperazine rings is 1. The first kappa shape index (κ1) is 19.1. The number of nitrogens with zero attached hydrogens (tertiary/aromatic N) is 2. The molecule has 0 spiro atoms. The van der Waals surface area contributed by atoms with Gasteiger partial charge in [-0.05, 0) is 49.2 Å². The van der Waals surface area contributed by atoms with Gasteiger partial charge in [0, 0.05) is 38.3 Å². The largest absolute Gasteiger partial charge is 0.491 e. The molecular weight excluding hydrogens is 376 g/mol. The molecule has 148 valence electrons. The Balaban J connectivity index is 1.30. The van der Waals surface area contributed by atoms with Crippen LogP contribution in [0.3, 0.4) is 0 Å². The maximum absolute atomic E-state index is 12.8. The fourth-order valence-electron chi connectivity index (χ4n) is 3.70. The van der Waals surface area contributed by atoms with Crippen molar-refractivity contribution >= 4 is 23.2 Å². The van der Waals surface area contributed by atoms with E-state index in [1.165, 1.54) is 0 Å². The van der Waals surface area contributed by atoms with Crippen molar-refractivity contribution in [2.24, 2.45) is 0 Å². The minimum atomic E-state index is 0.0597. The van der Waals surface area contributed by atoms with E-state index in [1.54, 1.807) is 0 Å². The Morgan fingerprint density at radius 3 is 2.50 bits per heavy atom. The van der Waals surface area contributed by atoms with Crippen molar-refractivity contribution in [3.63, 3.8) is 0 Å². The number of amides is 1. The molecule has 5 nitrogen and oxygen atoms in total. The third kappa shape index (κ3) is 4.42. The summed E-state index contributed by atoms with van der Waals surface area (Å²) in [5.74, 6) is 0.833. The molecule has 0 radical (unpaired) electrons. The summed E-state index contributed by atoms with van der Waals surface area (Å²) < 4.78 is 11.3. The molecule has 0 N–H and O–H groups in total.